The Kier molecular flexibility index (Phi) is 9.10. The second-order valence-corrected chi connectivity index (χ2v) is 7.77. The first-order chi connectivity index (χ1) is 13.5. The average molecular weight is 405 g/mol. The first-order valence-electron chi connectivity index (χ1n) is 9.50. The zero-order chi connectivity index (χ0) is 20.4. The van der Waals surface area contributed by atoms with Crippen LogP contribution in [0, 0.1) is 5.92 Å². The molecule has 1 heterocycles. The van der Waals surface area contributed by atoms with Crippen molar-refractivity contribution < 1.29 is 19.1 Å². The van der Waals surface area contributed by atoms with Gasteiger partial charge in [-0.3, -0.25) is 4.79 Å². The highest BCUT2D eigenvalue weighted by atomic mass is 32.1. The van der Waals surface area contributed by atoms with Gasteiger partial charge in [0.2, 0.25) is 5.91 Å². The zero-order valence-corrected chi connectivity index (χ0v) is 17.5. The second kappa shape index (κ2) is 11.6. The van der Waals surface area contributed by atoms with Gasteiger partial charge in [0, 0.05) is 11.9 Å². The third-order valence-electron chi connectivity index (χ3n) is 4.03. The maximum Gasteiger partial charge on any atom is 0.357 e. The van der Waals surface area contributed by atoms with Gasteiger partial charge in [-0.05, 0) is 24.8 Å². The molecule has 2 rings (SSSR count). The number of benzene rings is 1. The van der Waals surface area contributed by atoms with Crippen LogP contribution < -0.4 is 0 Å². The van der Waals surface area contributed by atoms with E-state index < -0.39 is 5.97 Å². The second-order valence-electron chi connectivity index (χ2n) is 6.82. The van der Waals surface area contributed by atoms with Crippen molar-refractivity contribution in [2.75, 3.05) is 19.8 Å². The molecule has 1 aromatic carbocycles. The highest BCUT2D eigenvalue weighted by Gasteiger charge is 2.18. The van der Waals surface area contributed by atoms with Crippen molar-refractivity contribution in [2.24, 2.45) is 5.92 Å². The number of carbonyl (C=O) groups is 2. The summed E-state index contributed by atoms with van der Waals surface area (Å²) in [7, 11) is 0. The molecule has 0 saturated heterocycles. The summed E-state index contributed by atoms with van der Waals surface area (Å²) in [6.45, 7) is 7.71. The SMILES string of the molecule is CCOC(=O)c1csc(CN(CCC(C)C)C(=O)COCc2ccccc2)n1. The Bertz CT molecular complexity index is 746. The first kappa shape index (κ1) is 22.0. The minimum atomic E-state index is -0.434. The lowest BCUT2D eigenvalue weighted by Crippen LogP contribution is -2.35. The molecule has 0 spiro atoms. The van der Waals surface area contributed by atoms with Gasteiger partial charge in [-0.1, -0.05) is 44.2 Å². The van der Waals surface area contributed by atoms with Crippen molar-refractivity contribution >= 4 is 23.2 Å². The number of thiazole rings is 1. The molecule has 0 N–H and O–H groups in total. The molecule has 0 aliphatic rings. The summed E-state index contributed by atoms with van der Waals surface area (Å²) in [6.07, 6.45) is 0.889. The Morgan fingerprint density at radius 1 is 1.21 bits per heavy atom. The number of amides is 1. The molecular weight excluding hydrogens is 376 g/mol. The van der Waals surface area contributed by atoms with Crippen LogP contribution in [0.5, 0.6) is 0 Å². The van der Waals surface area contributed by atoms with Crippen molar-refractivity contribution in [1.82, 2.24) is 9.88 Å². The molecule has 1 aromatic heterocycles. The molecule has 7 heteroatoms. The van der Waals surface area contributed by atoms with Crippen LogP contribution in [0.2, 0.25) is 0 Å². The van der Waals surface area contributed by atoms with Crippen LogP contribution in [0.3, 0.4) is 0 Å². The van der Waals surface area contributed by atoms with Gasteiger partial charge >= 0.3 is 5.97 Å². The summed E-state index contributed by atoms with van der Waals surface area (Å²) in [6, 6.07) is 9.76. The van der Waals surface area contributed by atoms with Gasteiger partial charge in [0.1, 0.15) is 11.6 Å². The van der Waals surface area contributed by atoms with Crippen LogP contribution in [0.4, 0.5) is 0 Å². The lowest BCUT2D eigenvalue weighted by Gasteiger charge is -2.22. The summed E-state index contributed by atoms with van der Waals surface area (Å²) in [5.74, 6) is -0.0346. The number of carbonyl (C=O) groups excluding carboxylic acids is 2. The predicted octanol–water partition coefficient (Wildman–Crippen LogP) is 3.91. The van der Waals surface area contributed by atoms with Crippen molar-refractivity contribution in [1.29, 1.82) is 0 Å². The van der Waals surface area contributed by atoms with E-state index in [-0.39, 0.29) is 12.5 Å². The molecule has 28 heavy (non-hydrogen) atoms. The fourth-order valence-electron chi connectivity index (χ4n) is 2.47. The number of hydrogen-bond donors (Lipinski definition) is 0. The quantitative estimate of drug-likeness (QED) is 0.531. The number of esters is 1. The minimum absolute atomic E-state index is 0.0170. The highest BCUT2D eigenvalue weighted by molar-refractivity contribution is 7.09. The van der Waals surface area contributed by atoms with Crippen LogP contribution in [0.1, 0.15) is 48.3 Å². The molecule has 0 aliphatic heterocycles. The molecule has 0 bridgehead atoms. The summed E-state index contributed by atoms with van der Waals surface area (Å²) in [5.41, 5.74) is 1.32. The number of hydrogen-bond acceptors (Lipinski definition) is 6. The van der Waals surface area contributed by atoms with E-state index in [0.717, 1.165) is 12.0 Å². The van der Waals surface area contributed by atoms with Gasteiger partial charge in [0.05, 0.1) is 19.8 Å². The standard InChI is InChI=1S/C21H28N2O4S/c1-4-27-21(25)18-15-28-19(22-18)12-23(11-10-16(2)3)20(24)14-26-13-17-8-6-5-7-9-17/h5-9,15-16H,4,10-14H2,1-3H3. The maximum atomic E-state index is 12.7. The summed E-state index contributed by atoms with van der Waals surface area (Å²) in [4.78, 5) is 30.5. The van der Waals surface area contributed by atoms with E-state index in [0.29, 0.717) is 42.9 Å². The maximum absolute atomic E-state index is 12.7. The minimum Gasteiger partial charge on any atom is -0.461 e. The number of ether oxygens (including phenoxy) is 2. The van der Waals surface area contributed by atoms with E-state index in [1.807, 2.05) is 30.3 Å². The molecule has 152 valence electrons. The molecule has 1 amide bonds. The molecule has 0 fully saturated rings. The fraction of sp³-hybridized carbons (Fsp3) is 0.476. The van der Waals surface area contributed by atoms with E-state index in [9.17, 15) is 9.59 Å². The lowest BCUT2D eigenvalue weighted by molar-refractivity contribution is -0.137. The molecule has 0 aliphatic carbocycles. The van der Waals surface area contributed by atoms with Gasteiger partial charge in [-0.25, -0.2) is 9.78 Å². The molecule has 6 nitrogen and oxygen atoms in total. The normalized spacial score (nSPS) is 10.9. The van der Waals surface area contributed by atoms with Gasteiger partial charge in [-0.15, -0.1) is 11.3 Å². The smallest absolute Gasteiger partial charge is 0.357 e. The molecule has 0 unspecified atom stereocenters. The van der Waals surface area contributed by atoms with Crippen LogP contribution in [-0.2, 0) is 27.4 Å². The van der Waals surface area contributed by atoms with E-state index in [1.54, 1.807) is 17.2 Å². The van der Waals surface area contributed by atoms with Crippen molar-refractivity contribution in [3.05, 3.63) is 52.0 Å². The Morgan fingerprint density at radius 2 is 1.96 bits per heavy atom. The van der Waals surface area contributed by atoms with E-state index in [2.05, 4.69) is 18.8 Å². The Morgan fingerprint density at radius 3 is 2.64 bits per heavy atom. The predicted molar refractivity (Wildman–Crippen MR) is 109 cm³/mol. The summed E-state index contributed by atoms with van der Waals surface area (Å²) in [5, 5.41) is 2.38. The summed E-state index contributed by atoms with van der Waals surface area (Å²) >= 11 is 1.36. The molecule has 2 aromatic rings. The number of aromatic nitrogens is 1. The average Bonchev–Trinajstić information content (AvgIpc) is 3.14. The molecular formula is C21H28N2O4S. The van der Waals surface area contributed by atoms with E-state index >= 15 is 0 Å². The highest BCUT2D eigenvalue weighted by Crippen LogP contribution is 2.15. The fourth-order valence-corrected chi connectivity index (χ4v) is 3.25. The molecule has 0 saturated carbocycles. The third-order valence-corrected chi connectivity index (χ3v) is 4.86. The van der Waals surface area contributed by atoms with E-state index in [1.165, 1.54) is 11.3 Å². The van der Waals surface area contributed by atoms with Crippen LogP contribution >= 0.6 is 11.3 Å². The van der Waals surface area contributed by atoms with Gasteiger partial charge in [0.15, 0.2) is 5.69 Å². The first-order valence-corrected chi connectivity index (χ1v) is 10.4. The van der Waals surface area contributed by atoms with Gasteiger partial charge < -0.3 is 14.4 Å². The van der Waals surface area contributed by atoms with Crippen LogP contribution in [-0.4, -0.2) is 41.5 Å². The van der Waals surface area contributed by atoms with E-state index in [4.69, 9.17) is 9.47 Å². The number of rotatable bonds is 11. The van der Waals surface area contributed by atoms with Crippen molar-refractivity contribution in [3.63, 3.8) is 0 Å². The van der Waals surface area contributed by atoms with Crippen molar-refractivity contribution in [3.8, 4) is 0 Å². The van der Waals surface area contributed by atoms with Gasteiger partial charge in [-0.2, -0.15) is 0 Å². The van der Waals surface area contributed by atoms with Crippen LogP contribution in [0.15, 0.2) is 35.7 Å². The Hall–Kier alpha value is -2.25. The Balaban J connectivity index is 1.94. The van der Waals surface area contributed by atoms with Crippen LogP contribution in [0.25, 0.3) is 0 Å². The summed E-state index contributed by atoms with van der Waals surface area (Å²) < 4.78 is 10.6. The topological polar surface area (TPSA) is 68.7 Å². The molecule has 0 radical (unpaired) electrons. The monoisotopic (exact) mass is 404 g/mol. The third kappa shape index (κ3) is 7.40. The zero-order valence-electron chi connectivity index (χ0n) is 16.7. The van der Waals surface area contributed by atoms with Gasteiger partial charge in [0.25, 0.3) is 0 Å². The molecule has 0 atom stereocenters. The van der Waals surface area contributed by atoms with Crippen molar-refractivity contribution in [2.45, 2.75) is 40.3 Å². The largest absolute Gasteiger partial charge is 0.461 e. The number of nitrogens with zero attached hydrogens (tertiary/aromatic N) is 2. The Labute approximate surface area is 170 Å². The lowest BCUT2D eigenvalue weighted by atomic mass is 10.1.